The van der Waals surface area contributed by atoms with Crippen molar-refractivity contribution in [3.05, 3.63) is 60.2 Å². The molecule has 19 heavy (non-hydrogen) atoms. The SMILES string of the molecule is NC(=S)NN=Cc1ccccc1Sc1ccccc1. The van der Waals surface area contributed by atoms with Crippen LogP contribution in [-0.4, -0.2) is 11.3 Å². The summed E-state index contributed by atoms with van der Waals surface area (Å²) in [4.78, 5) is 2.31. The molecule has 0 aliphatic rings. The topological polar surface area (TPSA) is 50.4 Å². The zero-order chi connectivity index (χ0) is 13.5. The van der Waals surface area contributed by atoms with Gasteiger partial charge in [0.2, 0.25) is 0 Å². The highest BCUT2D eigenvalue weighted by molar-refractivity contribution is 7.99. The third-order valence-electron chi connectivity index (χ3n) is 2.27. The molecule has 3 nitrogen and oxygen atoms in total. The molecular weight excluding hydrogens is 274 g/mol. The lowest BCUT2D eigenvalue weighted by molar-refractivity contribution is 1.04. The van der Waals surface area contributed by atoms with Gasteiger partial charge in [-0.05, 0) is 30.4 Å². The molecule has 0 bridgehead atoms. The predicted octanol–water partition coefficient (Wildman–Crippen LogP) is 3.00. The molecule has 0 fully saturated rings. The molecule has 0 aromatic heterocycles. The first-order chi connectivity index (χ1) is 9.25. The van der Waals surface area contributed by atoms with Gasteiger partial charge in [-0.25, -0.2) is 0 Å². The van der Waals surface area contributed by atoms with Gasteiger partial charge in [0, 0.05) is 15.4 Å². The predicted molar refractivity (Wildman–Crippen MR) is 84.5 cm³/mol. The standard InChI is InChI=1S/C14H13N3S2/c15-14(18)17-16-10-11-6-4-5-9-13(11)19-12-7-2-1-3-8-12/h1-10H,(H3,15,17,18). The van der Waals surface area contributed by atoms with Gasteiger partial charge in [0.15, 0.2) is 5.11 Å². The van der Waals surface area contributed by atoms with E-state index < -0.39 is 0 Å². The Hall–Kier alpha value is -1.85. The van der Waals surface area contributed by atoms with Crippen molar-refractivity contribution in [2.24, 2.45) is 10.8 Å². The minimum Gasteiger partial charge on any atom is -0.375 e. The molecule has 3 N–H and O–H groups in total. The molecule has 0 saturated heterocycles. The Morgan fingerprint density at radius 2 is 1.79 bits per heavy atom. The summed E-state index contributed by atoms with van der Waals surface area (Å²) < 4.78 is 0. The second-order valence-corrected chi connectivity index (χ2v) is 5.24. The minimum absolute atomic E-state index is 0.157. The molecule has 0 amide bonds. The lowest BCUT2D eigenvalue weighted by Crippen LogP contribution is -2.24. The number of thiocarbonyl (C=S) groups is 1. The summed E-state index contributed by atoms with van der Waals surface area (Å²) in [6, 6.07) is 18.2. The second kappa shape index (κ2) is 6.92. The zero-order valence-electron chi connectivity index (χ0n) is 10.1. The number of nitrogens with two attached hydrogens (primary N) is 1. The van der Waals surface area contributed by atoms with Crippen molar-refractivity contribution in [2.75, 3.05) is 0 Å². The fourth-order valence-corrected chi connectivity index (χ4v) is 2.45. The van der Waals surface area contributed by atoms with E-state index in [4.69, 9.17) is 18.0 Å². The maximum Gasteiger partial charge on any atom is 0.184 e. The van der Waals surface area contributed by atoms with Crippen LogP contribution in [0.2, 0.25) is 0 Å². The van der Waals surface area contributed by atoms with E-state index in [9.17, 15) is 0 Å². The van der Waals surface area contributed by atoms with Gasteiger partial charge in [-0.1, -0.05) is 48.2 Å². The Morgan fingerprint density at radius 1 is 1.11 bits per heavy atom. The van der Waals surface area contributed by atoms with Gasteiger partial charge in [0.1, 0.15) is 0 Å². The van der Waals surface area contributed by atoms with Crippen molar-refractivity contribution in [1.82, 2.24) is 5.43 Å². The van der Waals surface area contributed by atoms with Gasteiger partial charge >= 0.3 is 0 Å². The summed E-state index contributed by atoms with van der Waals surface area (Å²) in [6.45, 7) is 0. The Kier molecular flexibility index (Phi) is 4.94. The van der Waals surface area contributed by atoms with E-state index in [1.807, 2.05) is 36.4 Å². The van der Waals surface area contributed by atoms with E-state index in [0.717, 1.165) is 10.5 Å². The number of hydrogen-bond donors (Lipinski definition) is 2. The number of nitrogens with one attached hydrogen (secondary N) is 1. The first-order valence-electron chi connectivity index (χ1n) is 5.66. The van der Waals surface area contributed by atoms with Crippen molar-refractivity contribution in [2.45, 2.75) is 9.79 Å². The first kappa shape index (κ1) is 13.6. The second-order valence-electron chi connectivity index (χ2n) is 3.69. The fraction of sp³-hybridized carbons (Fsp3) is 0. The molecule has 0 saturated carbocycles. The Labute approximate surface area is 121 Å². The average Bonchev–Trinajstić information content (AvgIpc) is 2.41. The normalized spacial score (nSPS) is 10.5. The lowest BCUT2D eigenvalue weighted by atomic mass is 10.2. The molecule has 5 heteroatoms. The molecule has 0 aliphatic heterocycles. The molecule has 2 aromatic rings. The maximum absolute atomic E-state index is 5.32. The van der Waals surface area contributed by atoms with Crippen LogP contribution in [0.3, 0.4) is 0 Å². The summed E-state index contributed by atoms with van der Waals surface area (Å²) in [5.74, 6) is 0. The van der Waals surface area contributed by atoms with E-state index in [1.54, 1.807) is 18.0 Å². The molecule has 0 unspecified atom stereocenters. The van der Waals surface area contributed by atoms with Crippen LogP contribution in [0.15, 0.2) is 69.5 Å². The lowest BCUT2D eigenvalue weighted by Gasteiger charge is -2.05. The monoisotopic (exact) mass is 287 g/mol. The van der Waals surface area contributed by atoms with Gasteiger partial charge in [-0.15, -0.1) is 0 Å². The number of nitrogens with zero attached hydrogens (tertiary/aromatic N) is 1. The van der Waals surface area contributed by atoms with Crippen LogP contribution in [0.1, 0.15) is 5.56 Å². The molecule has 0 radical (unpaired) electrons. The quantitative estimate of drug-likeness (QED) is 0.515. The summed E-state index contributed by atoms with van der Waals surface area (Å²) in [7, 11) is 0. The highest BCUT2D eigenvalue weighted by atomic mass is 32.2. The molecule has 0 atom stereocenters. The van der Waals surface area contributed by atoms with Gasteiger partial charge < -0.3 is 5.73 Å². The highest BCUT2D eigenvalue weighted by Crippen LogP contribution is 2.29. The number of rotatable bonds is 4. The third-order valence-corrected chi connectivity index (χ3v) is 3.46. The summed E-state index contributed by atoms with van der Waals surface area (Å²) in [6.07, 6.45) is 1.71. The van der Waals surface area contributed by atoms with Gasteiger partial charge in [-0.3, -0.25) is 5.43 Å². The number of hydrazone groups is 1. The van der Waals surface area contributed by atoms with E-state index in [2.05, 4.69) is 28.7 Å². The maximum atomic E-state index is 5.32. The Bertz CT molecular complexity index is 582. The molecule has 0 spiro atoms. The van der Waals surface area contributed by atoms with Crippen molar-refractivity contribution in [3.8, 4) is 0 Å². The van der Waals surface area contributed by atoms with Crippen molar-refractivity contribution >= 4 is 35.3 Å². The van der Waals surface area contributed by atoms with Gasteiger partial charge in [0.05, 0.1) is 6.21 Å². The van der Waals surface area contributed by atoms with E-state index in [0.29, 0.717) is 0 Å². The first-order valence-corrected chi connectivity index (χ1v) is 6.88. The van der Waals surface area contributed by atoms with Crippen molar-refractivity contribution < 1.29 is 0 Å². The van der Waals surface area contributed by atoms with Crippen LogP contribution in [0.5, 0.6) is 0 Å². The number of benzene rings is 2. The molecule has 0 aliphatic carbocycles. The third kappa shape index (κ3) is 4.39. The van der Waals surface area contributed by atoms with E-state index in [1.165, 1.54) is 4.90 Å². The molecule has 2 aromatic carbocycles. The molecular formula is C14H13N3S2. The smallest absolute Gasteiger partial charge is 0.184 e. The zero-order valence-corrected chi connectivity index (χ0v) is 11.7. The summed E-state index contributed by atoms with van der Waals surface area (Å²) in [5, 5.41) is 4.15. The minimum atomic E-state index is 0.157. The molecule has 0 heterocycles. The van der Waals surface area contributed by atoms with Crippen LogP contribution in [0, 0.1) is 0 Å². The van der Waals surface area contributed by atoms with Crippen LogP contribution >= 0.6 is 24.0 Å². The van der Waals surface area contributed by atoms with Gasteiger partial charge in [0.25, 0.3) is 0 Å². The van der Waals surface area contributed by atoms with E-state index in [-0.39, 0.29) is 5.11 Å². The summed E-state index contributed by atoms with van der Waals surface area (Å²) >= 11 is 6.39. The van der Waals surface area contributed by atoms with Crippen molar-refractivity contribution in [3.63, 3.8) is 0 Å². The van der Waals surface area contributed by atoms with Crippen LogP contribution in [0.25, 0.3) is 0 Å². The number of hydrogen-bond acceptors (Lipinski definition) is 3. The average molecular weight is 287 g/mol. The van der Waals surface area contributed by atoms with Crippen LogP contribution < -0.4 is 11.2 Å². The molecule has 96 valence electrons. The highest BCUT2D eigenvalue weighted by Gasteiger charge is 2.01. The van der Waals surface area contributed by atoms with E-state index >= 15 is 0 Å². The van der Waals surface area contributed by atoms with Crippen LogP contribution in [-0.2, 0) is 0 Å². The van der Waals surface area contributed by atoms with Gasteiger partial charge in [-0.2, -0.15) is 5.10 Å². The fourth-order valence-electron chi connectivity index (χ4n) is 1.46. The Morgan fingerprint density at radius 3 is 2.53 bits per heavy atom. The van der Waals surface area contributed by atoms with Crippen LogP contribution in [0.4, 0.5) is 0 Å². The Balaban J connectivity index is 2.17. The van der Waals surface area contributed by atoms with Crippen molar-refractivity contribution in [1.29, 1.82) is 0 Å². The molecule has 2 rings (SSSR count). The largest absolute Gasteiger partial charge is 0.375 e. The summed E-state index contributed by atoms with van der Waals surface area (Å²) in [5.41, 5.74) is 8.89.